The predicted octanol–water partition coefficient (Wildman–Crippen LogP) is 3.59. The lowest BCUT2D eigenvalue weighted by atomic mass is 10.2. The molecule has 2 aromatic carbocycles. The molecule has 0 radical (unpaired) electrons. The van der Waals surface area contributed by atoms with Crippen LogP contribution in [0.4, 0.5) is 5.69 Å². The van der Waals surface area contributed by atoms with Crippen molar-refractivity contribution in [2.45, 2.75) is 19.9 Å². The van der Waals surface area contributed by atoms with E-state index < -0.39 is 0 Å². The minimum atomic E-state index is -0.222. The number of hydrogen-bond acceptors (Lipinski definition) is 3. The van der Waals surface area contributed by atoms with Crippen molar-refractivity contribution in [2.75, 3.05) is 11.9 Å². The Hall–Kier alpha value is -2.84. The molecule has 0 atom stereocenters. The van der Waals surface area contributed by atoms with Gasteiger partial charge in [-0.1, -0.05) is 41.9 Å². The van der Waals surface area contributed by atoms with Gasteiger partial charge in [-0.25, -0.2) is 0 Å². The summed E-state index contributed by atoms with van der Waals surface area (Å²) in [4.78, 5) is 25.5. The van der Waals surface area contributed by atoms with Crippen molar-refractivity contribution in [3.63, 3.8) is 0 Å². The first kappa shape index (κ1) is 18.5. The molecule has 5 nitrogen and oxygen atoms in total. The van der Waals surface area contributed by atoms with Crippen LogP contribution in [-0.2, 0) is 16.1 Å². The van der Waals surface area contributed by atoms with E-state index in [9.17, 15) is 9.59 Å². The summed E-state index contributed by atoms with van der Waals surface area (Å²) in [5.74, 6) is -0.307. The van der Waals surface area contributed by atoms with Crippen LogP contribution in [0.2, 0.25) is 5.02 Å². The van der Waals surface area contributed by atoms with Gasteiger partial charge in [0.05, 0.1) is 10.6 Å². The highest BCUT2D eigenvalue weighted by molar-refractivity contribution is 6.32. The molecule has 0 aromatic heterocycles. The Morgan fingerprint density at radius 2 is 1.92 bits per heavy atom. The first-order valence-electron chi connectivity index (χ1n) is 7.78. The van der Waals surface area contributed by atoms with Crippen LogP contribution in [0.1, 0.15) is 24.5 Å². The topological polar surface area (TPSA) is 73.2 Å². The molecule has 0 aliphatic heterocycles. The van der Waals surface area contributed by atoms with Crippen LogP contribution in [0.15, 0.2) is 48.5 Å². The van der Waals surface area contributed by atoms with Crippen LogP contribution in [0.25, 0.3) is 0 Å². The second-order valence-corrected chi connectivity index (χ2v) is 5.94. The van der Waals surface area contributed by atoms with E-state index in [0.717, 1.165) is 5.56 Å². The number of carbonyl (C=O) groups is 2. The maximum Gasteiger partial charge on any atom is 0.226 e. The molecule has 0 bridgehead atoms. The Morgan fingerprint density at radius 1 is 1.20 bits per heavy atom. The van der Waals surface area contributed by atoms with E-state index in [1.807, 2.05) is 36.4 Å². The number of carbonyl (C=O) groups excluding carboxylic acids is 2. The number of rotatable bonds is 6. The summed E-state index contributed by atoms with van der Waals surface area (Å²) in [7, 11) is 0. The molecule has 2 amide bonds. The lowest BCUT2D eigenvalue weighted by Gasteiger charge is -2.21. The van der Waals surface area contributed by atoms with Crippen LogP contribution in [0.5, 0.6) is 0 Å². The van der Waals surface area contributed by atoms with Gasteiger partial charge in [0.25, 0.3) is 0 Å². The fourth-order valence-corrected chi connectivity index (χ4v) is 2.52. The minimum absolute atomic E-state index is 0.0851. The number of nitriles is 1. The van der Waals surface area contributed by atoms with Gasteiger partial charge in [0.15, 0.2) is 0 Å². The van der Waals surface area contributed by atoms with Crippen LogP contribution in [-0.4, -0.2) is 23.3 Å². The number of halogens is 1. The van der Waals surface area contributed by atoms with Gasteiger partial charge < -0.3 is 10.2 Å². The number of nitrogens with one attached hydrogen (secondary N) is 1. The molecule has 0 fully saturated rings. The second kappa shape index (κ2) is 8.86. The zero-order chi connectivity index (χ0) is 18.2. The summed E-state index contributed by atoms with van der Waals surface area (Å²) in [6, 6.07) is 16.3. The highest BCUT2D eigenvalue weighted by Gasteiger charge is 2.12. The van der Waals surface area contributed by atoms with Gasteiger partial charge >= 0.3 is 0 Å². The Morgan fingerprint density at radius 3 is 2.52 bits per heavy atom. The fraction of sp³-hybridized carbons (Fsp3) is 0.211. The number of hydrogen-bond donors (Lipinski definition) is 1. The third-order valence-corrected chi connectivity index (χ3v) is 3.96. The van der Waals surface area contributed by atoms with Crippen molar-refractivity contribution in [1.82, 2.24) is 4.90 Å². The predicted molar refractivity (Wildman–Crippen MR) is 96.9 cm³/mol. The number of benzene rings is 2. The summed E-state index contributed by atoms with van der Waals surface area (Å²) in [5, 5.41) is 11.9. The summed E-state index contributed by atoms with van der Waals surface area (Å²) in [5.41, 5.74) is 1.88. The van der Waals surface area contributed by atoms with Gasteiger partial charge in [-0.15, -0.1) is 0 Å². The van der Waals surface area contributed by atoms with E-state index >= 15 is 0 Å². The normalized spacial score (nSPS) is 9.96. The lowest BCUT2D eigenvalue weighted by molar-refractivity contribution is -0.129. The van der Waals surface area contributed by atoms with Crippen LogP contribution in [0.3, 0.4) is 0 Å². The Kier molecular flexibility index (Phi) is 6.55. The van der Waals surface area contributed by atoms with Crippen molar-refractivity contribution >= 4 is 29.1 Å². The number of anilines is 1. The molecule has 128 valence electrons. The highest BCUT2D eigenvalue weighted by atomic mass is 35.5. The maximum atomic E-state index is 12.1. The molecule has 0 unspecified atom stereocenters. The van der Waals surface area contributed by atoms with E-state index in [1.165, 1.54) is 13.0 Å². The van der Waals surface area contributed by atoms with E-state index in [1.54, 1.807) is 17.0 Å². The molecule has 0 aliphatic carbocycles. The first-order valence-corrected chi connectivity index (χ1v) is 8.16. The molecule has 2 aromatic rings. The molecule has 0 aliphatic rings. The van der Waals surface area contributed by atoms with Gasteiger partial charge in [0.1, 0.15) is 6.07 Å². The molecular weight excluding hydrogens is 338 g/mol. The molecule has 25 heavy (non-hydrogen) atoms. The third-order valence-electron chi connectivity index (χ3n) is 3.64. The van der Waals surface area contributed by atoms with E-state index in [0.29, 0.717) is 24.3 Å². The monoisotopic (exact) mass is 355 g/mol. The summed E-state index contributed by atoms with van der Waals surface area (Å²) >= 11 is 5.95. The Labute approximate surface area is 151 Å². The van der Waals surface area contributed by atoms with Gasteiger partial charge in [-0.05, 0) is 23.8 Å². The molecule has 1 N–H and O–H groups in total. The van der Waals surface area contributed by atoms with Crippen molar-refractivity contribution in [2.24, 2.45) is 0 Å². The zero-order valence-corrected chi connectivity index (χ0v) is 14.6. The van der Waals surface area contributed by atoms with Crippen molar-refractivity contribution in [1.29, 1.82) is 5.26 Å². The van der Waals surface area contributed by atoms with Gasteiger partial charge in [0, 0.05) is 32.1 Å². The minimum Gasteiger partial charge on any atom is -0.338 e. The van der Waals surface area contributed by atoms with Crippen molar-refractivity contribution in [3.05, 3.63) is 64.7 Å². The van der Waals surface area contributed by atoms with Gasteiger partial charge in [-0.3, -0.25) is 9.59 Å². The summed E-state index contributed by atoms with van der Waals surface area (Å²) in [6.07, 6.45) is 0.171. The molecule has 0 spiro atoms. The quantitative estimate of drug-likeness (QED) is 0.860. The average molecular weight is 356 g/mol. The molecule has 0 saturated heterocycles. The van der Waals surface area contributed by atoms with Crippen LogP contribution in [0, 0.1) is 11.3 Å². The maximum absolute atomic E-state index is 12.1. The molecule has 2 rings (SSSR count). The smallest absolute Gasteiger partial charge is 0.226 e. The lowest BCUT2D eigenvalue weighted by Crippen LogP contribution is -2.31. The molecule has 6 heteroatoms. The van der Waals surface area contributed by atoms with E-state index in [2.05, 4.69) is 5.32 Å². The summed E-state index contributed by atoms with van der Waals surface area (Å²) < 4.78 is 0. The first-order chi connectivity index (χ1) is 12.0. The number of nitrogens with zero attached hydrogens (tertiary/aromatic N) is 2. The van der Waals surface area contributed by atoms with Crippen LogP contribution < -0.4 is 5.32 Å². The van der Waals surface area contributed by atoms with Crippen molar-refractivity contribution in [3.8, 4) is 6.07 Å². The molecular formula is C19H18ClN3O2. The van der Waals surface area contributed by atoms with E-state index in [-0.39, 0.29) is 23.3 Å². The number of amides is 2. The molecule has 0 saturated carbocycles. The van der Waals surface area contributed by atoms with E-state index in [4.69, 9.17) is 16.9 Å². The molecule has 0 heterocycles. The standard InChI is InChI=1S/C19H18ClN3O2/c1-14(24)23(13-15-5-3-2-4-6-15)10-9-19(25)22-17-8-7-16(12-21)18(20)11-17/h2-8,11H,9-10,13H2,1H3,(H,22,25). The third kappa shape index (κ3) is 5.63. The van der Waals surface area contributed by atoms with Crippen molar-refractivity contribution < 1.29 is 9.59 Å². The SMILES string of the molecule is CC(=O)N(CCC(=O)Nc1ccc(C#N)c(Cl)c1)Cc1ccccc1. The largest absolute Gasteiger partial charge is 0.338 e. The van der Waals surface area contributed by atoms with Crippen LogP contribution >= 0.6 is 11.6 Å². The zero-order valence-electron chi connectivity index (χ0n) is 13.8. The fourth-order valence-electron chi connectivity index (χ4n) is 2.30. The second-order valence-electron chi connectivity index (χ2n) is 5.53. The average Bonchev–Trinajstić information content (AvgIpc) is 2.59. The van der Waals surface area contributed by atoms with Gasteiger partial charge in [0.2, 0.25) is 11.8 Å². The van der Waals surface area contributed by atoms with Gasteiger partial charge in [-0.2, -0.15) is 5.26 Å². The Bertz CT molecular complexity index is 800. The highest BCUT2D eigenvalue weighted by Crippen LogP contribution is 2.20. The summed E-state index contributed by atoms with van der Waals surface area (Å²) in [6.45, 7) is 2.27. The Balaban J connectivity index is 1.91.